The van der Waals surface area contributed by atoms with Gasteiger partial charge < -0.3 is 4.57 Å². The molecule has 0 spiro atoms. The predicted octanol–water partition coefficient (Wildman–Crippen LogP) is 19.8. The van der Waals surface area contributed by atoms with Crippen LogP contribution in [0.4, 0.5) is 0 Å². The van der Waals surface area contributed by atoms with Gasteiger partial charge in [0.15, 0.2) is 17.5 Å². The Morgan fingerprint density at radius 1 is 0.273 bits per heavy atom. The van der Waals surface area contributed by atoms with Crippen molar-refractivity contribution in [2.75, 3.05) is 0 Å². The molecule has 77 heavy (non-hydrogen) atoms. The van der Waals surface area contributed by atoms with Gasteiger partial charge in [0.1, 0.15) is 0 Å². The van der Waals surface area contributed by atoms with Gasteiger partial charge in [-0.25, -0.2) is 15.0 Å². The van der Waals surface area contributed by atoms with E-state index in [9.17, 15) is 0 Å². The number of hydrogen-bond acceptors (Lipinski definition) is 3. The maximum atomic E-state index is 5.46. The number of rotatable bonds is 8. The summed E-state index contributed by atoms with van der Waals surface area (Å²) >= 11 is 0. The summed E-state index contributed by atoms with van der Waals surface area (Å²) in [5.74, 6) is 1.82. The molecular formula is C73H70N4. The van der Waals surface area contributed by atoms with Crippen LogP contribution in [-0.2, 0) is 21.7 Å². The number of nitrogens with zero attached hydrogens (tertiary/aromatic N) is 4. The SMILES string of the molecule is CC(C)(C)c1cc(C(C)(C)C)c2c(c1)c1cc(C(C)(C)C)cc(C(C)(C)C)c1n2-c1c(-c2ccccc2)cc(-c2nc(-c3ccc(-c4ccccc4)cc3)nc(-c3ccc(-c4ccccc4)cc3)n2)cc1-c1ccccc1. The van der Waals surface area contributed by atoms with Crippen molar-refractivity contribution in [2.24, 2.45) is 0 Å². The summed E-state index contributed by atoms with van der Waals surface area (Å²) in [5, 5.41) is 2.55. The third kappa shape index (κ3) is 9.94. The highest BCUT2D eigenvalue weighted by atomic mass is 15.0. The quantitative estimate of drug-likeness (QED) is 0.152. The van der Waals surface area contributed by atoms with Crippen LogP contribution in [0, 0.1) is 0 Å². The van der Waals surface area contributed by atoms with E-state index in [-0.39, 0.29) is 21.7 Å². The van der Waals surface area contributed by atoms with Gasteiger partial charge in [-0.1, -0.05) is 265 Å². The van der Waals surface area contributed by atoms with Crippen LogP contribution in [0.25, 0.3) is 106 Å². The Labute approximate surface area is 456 Å². The monoisotopic (exact) mass is 1000 g/mol. The van der Waals surface area contributed by atoms with Crippen LogP contribution in [-0.4, -0.2) is 19.5 Å². The van der Waals surface area contributed by atoms with Gasteiger partial charge in [0, 0.05) is 38.6 Å². The highest BCUT2D eigenvalue weighted by molar-refractivity contribution is 6.14. The molecule has 0 bridgehead atoms. The standard InChI is InChI=1S/C73H70N4/c1-70(2,3)56-43-60-61-44-57(71(4,5)6)46-63(73(10,11)12)66(61)77(65(60)62(45-56)72(7,8)9)64-58(51-29-21-15-22-30-51)41-55(42-59(64)52-31-23-16-24-32-52)69-75-67(53-37-33-49(34-38-53)47-25-17-13-18-26-47)74-68(76-69)54-39-35-50(36-40-54)48-27-19-14-20-28-48/h13-46H,1-12H3. The minimum Gasteiger partial charge on any atom is -0.307 e. The van der Waals surface area contributed by atoms with Crippen LogP contribution in [0.5, 0.6) is 0 Å². The van der Waals surface area contributed by atoms with E-state index in [1.54, 1.807) is 0 Å². The average molecular weight is 1000 g/mol. The second kappa shape index (κ2) is 19.4. The Hall–Kier alpha value is -8.21. The zero-order chi connectivity index (χ0) is 54.0. The third-order valence-corrected chi connectivity index (χ3v) is 15.2. The number of benzene rings is 9. The van der Waals surface area contributed by atoms with Crippen molar-refractivity contribution in [1.82, 2.24) is 19.5 Å². The van der Waals surface area contributed by atoms with Gasteiger partial charge >= 0.3 is 0 Å². The Balaban J connectivity index is 1.26. The molecule has 2 heterocycles. The average Bonchev–Trinajstić information content (AvgIpc) is 4.04. The topological polar surface area (TPSA) is 43.6 Å². The Bertz CT molecular complexity index is 3680. The number of fused-ring (bicyclic) bond motifs is 3. The Kier molecular flexibility index (Phi) is 12.8. The first-order valence-electron chi connectivity index (χ1n) is 27.3. The van der Waals surface area contributed by atoms with Crippen molar-refractivity contribution in [3.05, 3.63) is 229 Å². The van der Waals surface area contributed by atoms with Gasteiger partial charge in [-0.15, -0.1) is 0 Å². The minimum atomic E-state index is -0.212. The van der Waals surface area contributed by atoms with Crippen LogP contribution in [0.15, 0.2) is 206 Å². The van der Waals surface area contributed by atoms with Crippen LogP contribution in [0.2, 0.25) is 0 Å². The van der Waals surface area contributed by atoms with Crippen LogP contribution in [0.3, 0.4) is 0 Å². The van der Waals surface area contributed by atoms with Crippen molar-refractivity contribution in [1.29, 1.82) is 0 Å². The number of aromatic nitrogens is 4. The highest BCUT2D eigenvalue weighted by Crippen LogP contribution is 2.50. The molecule has 4 nitrogen and oxygen atoms in total. The molecule has 0 amide bonds. The predicted molar refractivity (Wildman–Crippen MR) is 327 cm³/mol. The summed E-state index contributed by atoms with van der Waals surface area (Å²) < 4.78 is 2.67. The van der Waals surface area contributed by atoms with E-state index < -0.39 is 0 Å². The van der Waals surface area contributed by atoms with E-state index >= 15 is 0 Å². The summed E-state index contributed by atoms with van der Waals surface area (Å²) in [6, 6.07) is 74.8. The van der Waals surface area contributed by atoms with Gasteiger partial charge in [0.25, 0.3) is 0 Å². The highest BCUT2D eigenvalue weighted by Gasteiger charge is 2.33. The molecule has 0 atom stereocenters. The van der Waals surface area contributed by atoms with Crippen molar-refractivity contribution >= 4 is 21.8 Å². The summed E-state index contributed by atoms with van der Waals surface area (Å²) in [6.07, 6.45) is 0. The number of hydrogen-bond donors (Lipinski definition) is 0. The molecule has 11 rings (SSSR count). The fourth-order valence-corrected chi connectivity index (χ4v) is 10.8. The Morgan fingerprint density at radius 3 is 0.870 bits per heavy atom. The lowest BCUT2D eigenvalue weighted by Crippen LogP contribution is -2.19. The van der Waals surface area contributed by atoms with E-state index in [0.717, 1.165) is 66.9 Å². The lowest BCUT2D eigenvalue weighted by atomic mass is 9.78. The van der Waals surface area contributed by atoms with E-state index in [2.05, 4.69) is 294 Å². The second-order valence-electron chi connectivity index (χ2n) is 25.0. The molecule has 382 valence electrons. The summed E-state index contributed by atoms with van der Waals surface area (Å²) in [4.78, 5) is 16.2. The molecule has 0 N–H and O–H groups in total. The molecule has 0 saturated carbocycles. The molecule has 0 aliphatic carbocycles. The van der Waals surface area contributed by atoms with Gasteiger partial charge in [-0.05, 0) is 102 Å². The molecule has 9 aromatic carbocycles. The second-order valence-corrected chi connectivity index (χ2v) is 25.0. The normalized spacial score (nSPS) is 12.4. The first-order valence-corrected chi connectivity index (χ1v) is 27.3. The van der Waals surface area contributed by atoms with Gasteiger partial charge in [0.2, 0.25) is 0 Å². The zero-order valence-corrected chi connectivity index (χ0v) is 46.9. The molecule has 0 saturated heterocycles. The van der Waals surface area contributed by atoms with Crippen LogP contribution >= 0.6 is 0 Å². The van der Waals surface area contributed by atoms with Crippen molar-refractivity contribution in [3.63, 3.8) is 0 Å². The molecule has 11 aromatic rings. The summed E-state index contributed by atoms with van der Waals surface area (Å²) in [7, 11) is 0. The molecule has 0 fully saturated rings. The van der Waals surface area contributed by atoms with E-state index in [0.29, 0.717) is 17.5 Å². The van der Waals surface area contributed by atoms with Gasteiger partial charge in [0.05, 0.1) is 16.7 Å². The maximum Gasteiger partial charge on any atom is 0.164 e. The maximum absolute atomic E-state index is 5.46. The van der Waals surface area contributed by atoms with Crippen molar-refractivity contribution in [3.8, 4) is 84.4 Å². The molecule has 2 aromatic heterocycles. The van der Waals surface area contributed by atoms with Gasteiger partial charge in [-0.2, -0.15) is 0 Å². The molecule has 0 unspecified atom stereocenters. The van der Waals surface area contributed by atoms with E-state index in [4.69, 9.17) is 15.0 Å². The third-order valence-electron chi connectivity index (χ3n) is 15.2. The largest absolute Gasteiger partial charge is 0.307 e. The fourth-order valence-electron chi connectivity index (χ4n) is 10.8. The summed E-state index contributed by atoms with van der Waals surface area (Å²) in [6.45, 7) is 28.3. The smallest absolute Gasteiger partial charge is 0.164 e. The summed E-state index contributed by atoms with van der Waals surface area (Å²) in [5.41, 5.74) is 20.0. The zero-order valence-electron chi connectivity index (χ0n) is 46.9. The van der Waals surface area contributed by atoms with Crippen LogP contribution in [0.1, 0.15) is 105 Å². The molecule has 0 aliphatic heterocycles. The van der Waals surface area contributed by atoms with Crippen molar-refractivity contribution in [2.45, 2.75) is 105 Å². The van der Waals surface area contributed by atoms with E-state index in [1.165, 1.54) is 44.1 Å². The molecular weight excluding hydrogens is 933 g/mol. The fraction of sp³-hybridized carbons (Fsp3) is 0.219. The first-order chi connectivity index (χ1) is 36.7. The van der Waals surface area contributed by atoms with Crippen LogP contribution < -0.4 is 0 Å². The van der Waals surface area contributed by atoms with Crippen molar-refractivity contribution < 1.29 is 0 Å². The molecule has 0 radical (unpaired) electrons. The minimum absolute atomic E-state index is 0.0841. The molecule has 4 heteroatoms. The first kappa shape index (κ1) is 50.9. The van der Waals surface area contributed by atoms with Gasteiger partial charge in [-0.3, -0.25) is 0 Å². The van der Waals surface area contributed by atoms with E-state index in [1.807, 2.05) is 0 Å². The lowest BCUT2D eigenvalue weighted by Gasteiger charge is -2.29. The molecule has 0 aliphatic rings. The Morgan fingerprint density at radius 2 is 0.558 bits per heavy atom. The lowest BCUT2D eigenvalue weighted by molar-refractivity contribution is 0.571.